The summed E-state index contributed by atoms with van der Waals surface area (Å²) in [6.45, 7) is 2.20. The highest BCUT2D eigenvalue weighted by molar-refractivity contribution is 4.95. The van der Waals surface area contributed by atoms with E-state index in [0.29, 0.717) is 0 Å². The van der Waals surface area contributed by atoms with Gasteiger partial charge < -0.3 is 10.3 Å². The van der Waals surface area contributed by atoms with Crippen molar-refractivity contribution in [2.75, 3.05) is 13.1 Å². The average molecular weight is 205 g/mol. The first-order chi connectivity index (χ1) is 7.45. The lowest BCUT2D eigenvalue weighted by atomic mass is 9.94. The smallest absolute Gasteiger partial charge is 0.0921 e. The van der Waals surface area contributed by atoms with Crippen molar-refractivity contribution in [2.24, 2.45) is 5.92 Å². The molecule has 0 aliphatic heterocycles. The number of allylic oxidation sites excluding steroid dienone is 2. The molecule has 1 aromatic rings. The number of hydrogen-bond acceptors (Lipinski definition) is 2. The van der Waals surface area contributed by atoms with Crippen molar-refractivity contribution in [1.82, 2.24) is 15.3 Å². The van der Waals surface area contributed by atoms with Gasteiger partial charge in [-0.1, -0.05) is 12.2 Å². The third-order valence-corrected chi connectivity index (χ3v) is 2.94. The van der Waals surface area contributed by atoms with Crippen LogP contribution in [0.4, 0.5) is 0 Å². The van der Waals surface area contributed by atoms with E-state index in [1.165, 1.54) is 25.0 Å². The highest BCUT2D eigenvalue weighted by Gasteiger charge is 2.08. The molecule has 2 N–H and O–H groups in total. The second-order valence-electron chi connectivity index (χ2n) is 4.18. The van der Waals surface area contributed by atoms with Crippen LogP contribution in [0.2, 0.25) is 0 Å². The molecule has 0 amide bonds. The van der Waals surface area contributed by atoms with Crippen molar-refractivity contribution in [2.45, 2.75) is 25.7 Å². The number of imidazole rings is 1. The summed E-state index contributed by atoms with van der Waals surface area (Å²) in [4.78, 5) is 7.11. The van der Waals surface area contributed by atoms with Crippen molar-refractivity contribution >= 4 is 0 Å². The highest BCUT2D eigenvalue weighted by Crippen LogP contribution is 2.16. The van der Waals surface area contributed by atoms with Crippen LogP contribution in [0.1, 0.15) is 25.0 Å². The minimum atomic E-state index is 0.844. The Morgan fingerprint density at radius 2 is 2.47 bits per heavy atom. The zero-order valence-corrected chi connectivity index (χ0v) is 9.08. The summed E-state index contributed by atoms with van der Waals surface area (Å²) in [6.07, 6.45) is 13.1. The Morgan fingerprint density at radius 1 is 1.47 bits per heavy atom. The normalized spacial score (nSPS) is 20.7. The van der Waals surface area contributed by atoms with E-state index in [9.17, 15) is 0 Å². The van der Waals surface area contributed by atoms with Gasteiger partial charge in [0.15, 0.2) is 0 Å². The molecule has 2 rings (SSSR count). The first kappa shape index (κ1) is 10.4. The molecule has 0 fully saturated rings. The molecular formula is C12H19N3. The van der Waals surface area contributed by atoms with Crippen LogP contribution in [0, 0.1) is 5.92 Å². The quantitative estimate of drug-likeness (QED) is 0.569. The van der Waals surface area contributed by atoms with Gasteiger partial charge in [-0.25, -0.2) is 4.98 Å². The number of nitrogens with zero attached hydrogens (tertiary/aromatic N) is 1. The molecule has 1 atom stereocenters. The zero-order chi connectivity index (χ0) is 10.3. The summed E-state index contributed by atoms with van der Waals surface area (Å²) in [5, 5.41) is 3.51. The molecule has 15 heavy (non-hydrogen) atoms. The molecule has 82 valence electrons. The Balaban J connectivity index is 1.57. The largest absolute Gasteiger partial charge is 0.348 e. The van der Waals surface area contributed by atoms with Gasteiger partial charge >= 0.3 is 0 Å². The second-order valence-corrected chi connectivity index (χ2v) is 4.18. The Hall–Kier alpha value is -1.09. The van der Waals surface area contributed by atoms with E-state index in [2.05, 4.69) is 27.4 Å². The van der Waals surface area contributed by atoms with Gasteiger partial charge in [-0.3, -0.25) is 0 Å². The van der Waals surface area contributed by atoms with Crippen molar-refractivity contribution in [3.8, 4) is 0 Å². The van der Waals surface area contributed by atoms with E-state index in [1.807, 2.05) is 6.20 Å². The number of H-pyrrole nitrogens is 1. The van der Waals surface area contributed by atoms with Crippen LogP contribution in [-0.4, -0.2) is 23.1 Å². The van der Waals surface area contributed by atoms with Crippen LogP contribution >= 0.6 is 0 Å². The van der Waals surface area contributed by atoms with Crippen molar-refractivity contribution in [1.29, 1.82) is 0 Å². The lowest BCUT2D eigenvalue weighted by Crippen LogP contribution is -2.25. The van der Waals surface area contributed by atoms with Gasteiger partial charge in [0, 0.05) is 24.9 Å². The van der Waals surface area contributed by atoms with Gasteiger partial charge in [0.2, 0.25) is 0 Å². The molecule has 3 heteroatoms. The summed E-state index contributed by atoms with van der Waals surface area (Å²) in [7, 11) is 0. The topological polar surface area (TPSA) is 40.7 Å². The predicted molar refractivity (Wildman–Crippen MR) is 61.6 cm³/mol. The molecule has 0 spiro atoms. The number of aromatic amines is 1. The van der Waals surface area contributed by atoms with E-state index in [1.54, 1.807) is 6.33 Å². The van der Waals surface area contributed by atoms with E-state index >= 15 is 0 Å². The van der Waals surface area contributed by atoms with Crippen LogP contribution in [0.15, 0.2) is 24.7 Å². The molecule has 0 radical (unpaired) electrons. The fourth-order valence-electron chi connectivity index (χ4n) is 1.99. The minimum absolute atomic E-state index is 0.844. The maximum atomic E-state index is 4.00. The van der Waals surface area contributed by atoms with Gasteiger partial charge in [-0.05, 0) is 31.7 Å². The van der Waals surface area contributed by atoms with Crippen molar-refractivity contribution in [3.05, 3.63) is 30.4 Å². The first-order valence-electron chi connectivity index (χ1n) is 5.78. The highest BCUT2D eigenvalue weighted by atomic mass is 14.9. The zero-order valence-electron chi connectivity index (χ0n) is 9.08. The Labute approximate surface area is 91.0 Å². The lowest BCUT2D eigenvalue weighted by molar-refractivity contribution is 0.442. The molecule has 1 unspecified atom stereocenters. The molecule has 1 aliphatic rings. The van der Waals surface area contributed by atoms with Crippen LogP contribution in [0.25, 0.3) is 0 Å². The number of hydrogen-bond donors (Lipinski definition) is 2. The van der Waals surface area contributed by atoms with Gasteiger partial charge in [0.05, 0.1) is 6.33 Å². The van der Waals surface area contributed by atoms with Crippen LogP contribution in [-0.2, 0) is 6.42 Å². The Morgan fingerprint density at radius 3 is 3.20 bits per heavy atom. The third kappa shape index (κ3) is 3.51. The van der Waals surface area contributed by atoms with Gasteiger partial charge in [0.25, 0.3) is 0 Å². The van der Waals surface area contributed by atoms with Crippen LogP contribution in [0.3, 0.4) is 0 Å². The summed E-state index contributed by atoms with van der Waals surface area (Å²) < 4.78 is 0. The molecule has 0 saturated heterocycles. The van der Waals surface area contributed by atoms with Gasteiger partial charge in [-0.2, -0.15) is 0 Å². The number of aromatic nitrogens is 2. The molecule has 1 heterocycles. The summed E-state index contributed by atoms with van der Waals surface area (Å²) >= 11 is 0. The summed E-state index contributed by atoms with van der Waals surface area (Å²) in [5.74, 6) is 0.844. The number of rotatable bonds is 5. The summed E-state index contributed by atoms with van der Waals surface area (Å²) in [6, 6.07) is 0. The predicted octanol–water partition coefficient (Wildman–Crippen LogP) is 1.90. The van der Waals surface area contributed by atoms with E-state index in [-0.39, 0.29) is 0 Å². The van der Waals surface area contributed by atoms with E-state index in [4.69, 9.17) is 0 Å². The fraction of sp³-hybridized carbons (Fsp3) is 0.583. The minimum Gasteiger partial charge on any atom is -0.348 e. The lowest BCUT2D eigenvalue weighted by Gasteiger charge is -2.17. The molecule has 0 bridgehead atoms. The molecular weight excluding hydrogens is 186 g/mol. The molecule has 1 aliphatic carbocycles. The van der Waals surface area contributed by atoms with Crippen molar-refractivity contribution in [3.63, 3.8) is 0 Å². The van der Waals surface area contributed by atoms with Crippen molar-refractivity contribution < 1.29 is 0 Å². The average Bonchev–Trinajstić information content (AvgIpc) is 2.79. The standard InChI is InChI=1S/C12H19N3/c1-2-4-11(5-3-1)8-13-7-6-12-9-14-10-15-12/h1-2,9-11,13H,3-8H2,(H,14,15). The first-order valence-corrected chi connectivity index (χ1v) is 5.78. The molecule has 0 aromatic carbocycles. The van der Waals surface area contributed by atoms with Gasteiger partial charge in [0.1, 0.15) is 0 Å². The van der Waals surface area contributed by atoms with E-state index in [0.717, 1.165) is 25.4 Å². The second kappa shape index (κ2) is 5.71. The molecule has 0 saturated carbocycles. The maximum absolute atomic E-state index is 4.00. The Kier molecular flexibility index (Phi) is 3.97. The van der Waals surface area contributed by atoms with Crippen LogP contribution in [0.5, 0.6) is 0 Å². The molecule has 3 nitrogen and oxygen atoms in total. The van der Waals surface area contributed by atoms with Crippen LogP contribution < -0.4 is 5.32 Å². The molecule has 1 aromatic heterocycles. The summed E-state index contributed by atoms with van der Waals surface area (Å²) in [5.41, 5.74) is 1.21. The maximum Gasteiger partial charge on any atom is 0.0921 e. The third-order valence-electron chi connectivity index (χ3n) is 2.94. The monoisotopic (exact) mass is 205 g/mol. The fourth-order valence-corrected chi connectivity index (χ4v) is 1.99. The van der Waals surface area contributed by atoms with E-state index < -0.39 is 0 Å². The Bertz CT molecular complexity index is 290. The SMILES string of the molecule is C1=CCC(CNCCc2cnc[nH]2)CC1. The number of nitrogens with one attached hydrogen (secondary N) is 2. The van der Waals surface area contributed by atoms with Gasteiger partial charge in [-0.15, -0.1) is 0 Å².